The molecule has 0 fully saturated rings. The fourth-order valence-electron chi connectivity index (χ4n) is 1.88. The Morgan fingerprint density at radius 3 is 2.50 bits per heavy atom. The molecule has 1 unspecified atom stereocenters. The molecule has 2 N–H and O–H groups in total. The van der Waals surface area contributed by atoms with Gasteiger partial charge in [0.25, 0.3) is 0 Å². The number of ether oxygens (including phenoxy) is 1. The van der Waals surface area contributed by atoms with Crippen LogP contribution in [0.5, 0.6) is 0 Å². The summed E-state index contributed by atoms with van der Waals surface area (Å²) >= 11 is 6.78. The van der Waals surface area contributed by atoms with Gasteiger partial charge in [0.1, 0.15) is 6.04 Å². The molecule has 4 nitrogen and oxygen atoms in total. The molecule has 0 aliphatic rings. The zero-order valence-electron chi connectivity index (χ0n) is 12.0. The highest BCUT2D eigenvalue weighted by Gasteiger charge is 2.28. The van der Waals surface area contributed by atoms with E-state index < -0.39 is 6.04 Å². The Bertz CT molecular complexity index is 463. The predicted octanol–water partition coefficient (Wildman–Crippen LogP) is 2.34. The SMILES string of the molecule is COC(=O)C(CCSC)N(C(N)=S)c1ccc(C)cc1. The second kappa shape index (κ2) is 8.11. The molecule has 110 valence electrons. The summed E-state index contributed by atoms with van der Waals surface area (Å²) in [6.45, 7) is 2.00. The number of methoxy groups -OCH3 is 1. The number of anilines is 1. The van der Waals surface area contributed by atoms with Gasteiger partial charge in [-0.1, -0.05) is 17.7 Å². The van der Waals surface area contributed by atoms with E-state index in [9.17, 15) is 4.79 Å². The lowest BCUT2D eigenvalue weighted by molar-refractivity contribution is -0.142. The van der Waals surface area contributed by atoms with Gasteiger partial charge in [0.05, 0.1) is 7.11 Å². The van der Waals surface area contributed by atoms with Crippen LogP contribution in [0.4, 0.5) is 5.69 Å². The van der Waals surface area contributed by atoms with Crippen LogP contribution in [0.25, 0.3) is 0 Å². The molecule has 0 amide bonds. The van der Waals surface area contributed by atoms with Crippen molar-refractivity contribution < 1.29 is 9.53 Å². The second-order valence-electron chi connectivity index (χ2n) is 4.36. The van der Waals surface area contributed by atoms with Crippen molar-refractivity contribution in [3.63, 3.8) is 0 Å². The molecule has 0 aromatic heterocycles. The number of benzene rings is 1. The van der Waals surface area contributed by atoms with Gasteiger partial charge in [-0.3, -0.25) is 0 Å². The van der Waals surface area contributed by atoms with Crippen molar-refractivity contribution in [1.29, 1.82) is 0 Å². The van der Waals surface area contributed by atoms with Crippen LogP contribution in [0.2, 0.25) is 0 Å². The van der Waals surface area contributed by atoms with Gasteiger partial charge in [0.2, 0.25) is 0 Å². The Morgan fingerprint density at radius 2 is 2.05 bits per heavy atom. The van der Waals surface area contributed by atoms with Crippen LogP contribution in [0.1, 0.15) is 12.0 Å². The molecule has 0 radical (unpaired) electrons. The number of thioether (sulfide) groups is 1. The Hall–Kier alpha value is -1.27. The van der Waals surface area contributed by atoms with Crippen molar-refractivity contribution in [2.24, 2.45) is 5.73 Å². The van der Waals surface area contributed by atoms with Crippen molar-refractivity contribution in [3.8, 4) is 0 Å². The van der Waals surface area contributed by atoms with Crippen LogP contribution in [0.3, 0.4) is 0 Å². The summed E-state index contributed by atoms with van der Waals surface area (Å²) in [5, 5.41) is 0.172. The minimum Gasteiger partial charge on any atom is -0.467 e. The van der Waals surface area contributed by atoms with E-state index in [1.807, 2.05) is 37.4 Å². The number of nitrogens with zero attached hydrogens (tertiary/aromatic N) is 1. The van der Waals surface area contributed by atoms with E-state index in [1.54, 1.807) is 16.7 Å². The average Bonchev–Trinajstić information content (AvgIpc) is 2.43. The zero-order valence-corrected chi connectivity index (χ0v) is 13.6. The number of hydrogen-bond donors (Lipinski definition) is 1. The van der Waals surface area contributed by atoms with Crippen LogP contribution in [-0.4, -0.2) is 36.2 Å². The summed E-state index contributed by atoms with van der Waals surface area (Å²) in [5.41, 5.74) is 7.75. The molecule has 0 saturated carbocycles. The molecule has 0 heterocycles. The summed E-state index contributed by atoms with van der Waals surface area (Å²) in [6.07, 6.45) is 2.62. The van der Waals surface area contributed by atoms with Gasteiger partial charge >= 0.3 is 5.97 Å². The van der Waals surface area contributed by atoms with Crippen molar-refractivity contribution >= 4 is 40.7 Å². The molecule has 6 heteroatoms. The zero-order chi connectivity index (χ0) is 15.1. The molecule has 1 rings (SSSR count). The molecule has 0 spiro atoms. The molecule has 0 bridgehead atoms. The number of esters is 1. The van der Waals surface area contributed by atoms with E-state index in [4.69, 9.17) is 22.7 Å². The van der Waals surface area contributed by atoms with Crippen molar-refractivity contribution in [2.75, 3.05) is 24.0 Å². The van der Waals surface area contributed by atoms with Gasteiger partial charge < -0.3 is 15.4 Å². The number of nitrogens with two attached hydrogens (primary N) is 1. The van der Waals surface area contributed by atoms with E-state index in [1.165, 1.54) is 7.11 Å². The average molecular weight is 312 g/mol. The second-order valence-corrected chi connectivity index (χ2v) is 5.77. The number of carbonyl (C=O) groups is 1. The quantitative estimate of drug-likeness (QED) is 0.643. The molecule has 20 heavy (non-hydrogen) atoms. The van der Waals surface area contributed by atoms with Crippen molar-refractivity contribution in [2.45, 2.75) is 19.4 Å². The minimum absolute atomic E-state index is 0.172. The summed E-state index contributed by atoms with van der Waals surface area (Å²) in [7, 11) is 1.38. The molecule has 1 atom stereocenters. The molecule has 0 aliphatic heterocycles. The molecular weight excluding hydrogens is 292 g/mol. The topological polar surface area (TPSA) is 55.6 Å². The standard InChI is InChI=1S/C14H20N2O2S2/c1-10-4-6-11(7-5-10)16(14(15)19)12(8-9-20-3)13(17)18-2/h4-7,12H,8-9H2,1-3H3,(H2,15,19). The summed E-state index contributed by atoms with van der Waals surface area (Å²) < 4.78 is 4.88. The first kappa shape index (κ1) is 16.8. The third-order valence-electron chi connectivity index (χ3n) is 2.93. The summed E-state index contributed by atoms with van der Waals surface area (Å²) in [4.78, 5) is 13.7. The van der Waals surface area contributed by atoms with E-state index in [2.05, 4.69) is 0 Å². The maximum absolute atomic E-state index is 12.0. The van der Waals surface area contributed by atoms with Crippen LogP contribution < -0.4 is 10.6 Å². The first-order valence-electron chi connectivity index (χ1n) is 6.23. The van der Waals surface area contributed by atoms with Gasteiger partial charge in [0.15, 0.2) is 5.11 Å². The van der Waals surface area contributed by atoms with Crippen molar-refractivity contribution in [1.82, 2.24) is 0 Å². The minimum atomic E-state index is -0.493. The van der Waals surface area contributed by atoms with Crippen LogP contribution in [0, 0.1) is 6.92 Å². The Balaban J connectivity index is 3.09. The largest absolute Gasteiger partial charge is 0.467 e. The third kappa shape index (κ3) is 4.38. The maximum Gasteiger partial charge on any atom is 0.328 e. The van der Waals surface area contributed by atoms with Gasteiger partial charge in [-0.05, 0) is 49.7 Å². The lowest BCUT2D eigenvalue weighted by Crippen LogP contribution is -2.48. The van der Waals surface area contributed by atoms with Gasteiger partial charge in [-0.2, -0.15) is 11.8 Å². The Labute approximate surface area is 129 Å². The summed E-state index contributed by atoms with van der Waals surface area (Å²) in [5.74, 6) is 0.498. The lowest BCUT2D eigenvalue weighted by Gasteiger charge is -2.30. The normalized spacial score (nSPS) is 11.8. The van der Waals surface area contributed by atoms with Gasteiger partial charge in [0, 0.05) is 5.69 Å². The molecule has 1 aromatic rings. The van der Waals surface area contributed by atoms with E-state index >= 15 is 0 Å². The number of hydrogen-bond acceptors (Lipinski definition) is 4. The monoisotopic (exact) mass is 312 g/mol. The Kier molecular flexibility index (Phi) is 6.81. The molecule has 1 aromatic carbocycles. The van der Waals surface area contributed by atoms with E-state index in [0.717, 1.165) is 17.0 Å². The highest BCUT2D eigenvalue weighted by atomic mass is 32.2. The maximum atomic E-state index is 12.0. The molecule has 0 aliphatic carbocycles. The van der Waals surface area contributed by atoms with E-state index in [-0.39, 0.29) is 11.1 Å². The Morgan fingerprint density at radius 1 is 1.45 bits per heavy atom. The molecule has 0 saturated heterocycles. The smallest absolute Gasteiger partial charge is 0.328 e. The number of aryl methyl sites for hydroxylation is 1. The fourth-order valence-corrected chi connectivity index (χ4v) is 2.58. The number of thiocarbonyl (C=S) groups is 1. The lowest BCUT2D eigenvalue weighted by atomic mass is 10.1. The highest BCUT2D eigenvalue weighted by Crippen LogP contribution is 2.21. The van der Waals surface area contributed by atoms with Crippen LogP contribution >= 0.6 is 24.0 Å². The van der Waals surface area contributed by atoms with Crippen molar-refractivity contribution in [3.05, 3.63) is 29.8 Å². The van der Waals surface area contributed by atoms with E-state index in [0.29, 0.717) is 6.42 Å². The first-order valence-corrected chi connectivity index (χ1v) is 8.03. The van der Waals surface area contributed by atoms with Gasteiger partial charge in [-0.25, -0.2) is 4.79 Å². The third-order valence-corrected chi connectivity index (χ3v) is 3.77. The molecular formula is C14H20N2O2S2. The number of rotatable bonds is 6. The van der Waals surface area contributed by atoms with Crippen LogP contribution in [0.15, 0.2) is 24.3 Å². The van der Waals surface area contributed by atoms with Crippen LogP contribution in [-0.2, 0) is 9.53 Å². The first-order chi connectivity index (χ1) is 9.51. The van der Waals surface area contributed by atoms with Gasteiger partial charge in [-0.15, -0.1) is 0 Å². The predicted molar refractivity (Wildman–Crippen MR) is 89.2 cm³/mol. The summed E-state index contributed by atoms with van der Waals surface area (Å²) in [6, 6.07) is 7.24. The fraction of sp³-hybridized carbons (Fsp3) is 0.429. The highest BCUT2D eigenvalue weighted by molar-refractivity contribution is 7.98. The number of carbonyl (C=O) groups excluding carboxylic acids is 1.